The number of halogens is 2. The molecule has 0 atom stereocenters. The molecule has 1 saturated heterocycles. The Hall–Kier alpha value is -2.27. The van der Waals surface area contributed by atoms with Crippen LogP contribution in [0.5, 0.6) is 11.5 Å². The minimum Gasteiger partial charge on any atom is -0.493 e. The van der Waals surface area contributed by atoms with Crippen molar-refractivity contribution < 1.29 is 13.9 Å². The summed E-state index contributed by atoms with van der Waals surface area (Å²) in [5.74, 6) is 1.83. The van der Waals surface area contributed by atoms with E-state index >= 15 is 0 Å². The highest BCUT2D eigenvalue weighted by molar-refractivity contribution is 14.0. The molecule has 2 aromatic carbocycles. The van der Waals surface area contributed by atoms with Crippen LogP contribution in [0.15, 0.2) is 41.4 Å². The normalized spacial score (nSPS) is 14.5. The van der Waals surface area contributed by atoms with E-state index in [1.54, 1.807) is 27.3 Å². The molecule has 0 bridgehead atoms. The fraction of sp³-hybridized carbons (Fsp3) is 0.458. The van der Waals surface area contributed by atoms with Crippen molar-refractivity contribution in [1.29, 1.82) is 0 Å². The third-order valence-electron chi connectivity index (χ3n) is 5.76. The molecule has 0 spiro atoms. The molecular weight excluding hydrogens is 536 g/mol. The fourth-order valence-corrected chi connectivity index (χ4v) is 3.80. The lowest BCUT2D eigenvalue weighted by molar-refractivity contribution is 0.270. The summed E-state index contributed by atoms with van der Waals surface area (Å²) in [6.45, 7) is 7.91. The Morgan fingerprint density at radius 1 is 0.939 bits per heavy atom. The highest BCUT2D eigenvalue weighted by Crippen LogP contribution is 2.27. The molecule has 1 aliphatic rings. The van der Waals surface area contributed by atoms with Gasteiger partial charge in [0.15, 0.2) is 17.5 Å². The molecule has 9 heteroatoms. The maximum absolute atomic E-state index is 14.8. The second kappa shape index (κ2) is 13.4. The zero-order valence-electron chi connectivity index (χ0n) is 19.9. The van der Waals surface area contributed by atoms with E-state index in [1.165, 1.54) is 0 Å². The zero-order valence-corrected chi connectivity index (χ0v) is 22.2. The van der Waals surface area contributed by atoms with Crippen LogP contribution in [0.3, 0.4) is 0 Å². The van der Waals surface area contributed by atoms with Gasteiger partial charge in [0.2, 0.25) is 0 Å². The number of piperazine rings is 1. The van der Waals surface area contributed by atoms with E-state index < -0.39 is 0 Å². The molecule has 182 valence electrons. The van der Waals surface area contributed by atoms with E-state index in [0.29, 0.717) is 36.2 Å². The van der Waals surface area contributed by atoms with Crippen molar-refractivity contribution in [2.45, 2.75) is 20.0 Å². The third kappa shape index (κ3) is 7.36. The summed E-state index contributed by atoms with van der Waals surface area (Å²) >= 11 is 0. The quantitative estimate of drug-likeness (QED) is 0.288. The van der Waals surface area contributed by atoms with E-state index in [0.717, 1.165) is 43.9 Å². The van der Waals surface area contributed by atoms with Gasteiger partial charge in [-0.05, 0) is 41.9 Å². The number of hydrogen-bond donors (Lipinski definition) is 2. The van der Waals surface area contributed by atoms with Crippen molar-refractivity contribution in [3.05, 3.63) is 53.3 Å². The van der Waals surface area contributed by atoms with Gasteiger partial charge in [-0.25, -0.2) is 4.39 Å². The second-order valence-corrected chi connectivity index (χ2v) is 7.68. The number of nitrogens with one attached hydrogen (secondary N) is 2. The van der Waals surface area contributed by atoms with Crippen molar-refractivity contribution in [3.63, 3.8) is 0 Å². The fourth-order valence-electron chi connectivity index (χ4n) is 3.80. The number of benzene rings is 2. The molecule has 0 aliphatic carbocycles. The van der Waals surface area contributed by atoms with E-state index in [-0.39, 0.29) is 29.8 Å². The third-order valence-corrected chi connectivity index (χ3v) is 5.76. The van der Waals surface area contributed by atoms with Crippen LogP contribution in [-0.4, -0.2) is 64.9 Å². The van der Waals surface area contributed by atoms with Crippen molar-refractivity contribution in [1.82, 2.24) is 15.5 Å². The SMILES string of the molecule is CCN1CCN(c2ccc(CNC(=NC)NCc3ccc(OC)c(OC)c3)cc2F)CC1.I. The lowest BCUT2D eigenvalue weighted by Crippen LogP contribution is -2.46. The first-order valence-electron chi connectivity index (χ1n) is 11.0. The molecule has 0 aromatic heterocycles. The highest BCUT2D eigenvalue weighted by atomic mass is 127. The topological polar surface area (TPSA) is 61.4 Å². The molecule has 2 N–H and O–H groups in total. The molecule has 1 heterocycles. The Morgan fingerprint density at radius 3 is 2.09 bits per heavy atom. The van der Waals surface area contributed by atoms with Gasteiger partial charge in [0.05, 0.1) is 19.9 Å². The molecule has 7 nitrogen and oxygen atoms in total. The molecule has 2 aromatic rings. The monoisotopic (exact) mass is 571 g/mol. The van der Waals surface area contributed by atoms with Crippen LogP contribution < -0.4 is 25.0 Å². The number of aliphatic imine (C=N–C) groups is 1. The Kier molecular flexibility index (Phi) is 11.0. The summed E-state index contributed by atoms with van der Waals surface area (Å²) in [5, 5.41) is 6.51. The van der Waals surface area contributed by atoms with Gasteiger partial charge >= 0.3 is 0 Å². The van der Waals surface area contributed by atoms with Gasteiger partial charge in [-0.2, -0.15) is 0 Å². The number of methoxy groups -OCH3 is 2. The van der Waals surface area contributed by atoms with Gasteiger partial charge in [-0.15, -0.1) is 24.0 Å². The first kappa shape index (κ1) is 27.0. The van der Waals surface area contributed by atoms with Crippen molar-refractivity contribution in [2.24, 2.45) is 4.99 Å². The second-order valence-electron chi connectivity index (χ2n) is 7.68. The Labute approximate surface area is 213 Å². The molecule has 1 fully saturated rings. The number of ether oxygens (including phenoxy) is 2. The van der Waals surface area contributed by atoms with Crippen LogP contribution in [0.4, 0.5) is 10.1 Å². The number of guanidine groups is 1. The molecule has 0 radical (unpaired) electrons. The summed E-state index contributed by atoms with van der Waals surface area (Å²) in [5.41, 5.74) is 2.58. The van der Waals surface area contributed by atoms with E-state index in [1.807, 2.05) is 30.3 Å². The van der Waals surface area contributed by atoms with Crippen LogP contribution in [-0.2, 0) is 13.1 Å². The molecular formula is C24H35FIN5O2. The molecule has 0 amide bonds. The lowest BCUT2D eigenvalue weighted by Gasteiger charge is -2.35. The molecule has 1 aliphatic heterocycles. The summed E-state index contributed by atoms with van der Waals surface area (Å²) in [7, 11) is 4.94. The lowest BCUT2D eigenvalue weighted by atomic mass is 10.1. The predicted octanol–water partition coefficient (Wildman–Crippen LogP) is 3.47. The van der Waals surface area contributed by atoms with Crippen LogP contribution in [0.2, 0.25) is 0 Å². The molecule has 3 rings (SSSR count). The number of anilines is 1. The molecule has 33 heavy (non-hydrogen) atoms. The zero-order chi connectivity index (χ0) is 22.9. The van der Waals surface area contributed by atoms with Gasteiger partial charge in [-0.3, -0.25) is 4.99 Å². The van der Waals surface area contributed by atoms with Gasteiger partial charge in [0, 0.05) is 46.3 Å². The van der Waals surface area contributed by atoms with Gasteiger partial charge in [-0.1, -0.05) is 19.1 Å². The first-order chi connectivity index (χ1) is 15.6. The van der Waals surface area contributed by atoms with Gasteiger partial charge in [0.1, 0.15) is 5.82 Å². The van der Waals surface area contributed by atoms with Crippen molar-refractivity contribution in [3.8, 4) is 11.5 Å². The Balaban J connectivity index is 0.00000385. The average molecular weight is 571 g/mol. The Morgan fingerprint density at radius 2 is 1.55 bits per heavy atom. The van der Waals surface area contributed by atoms with Crippen LogP contribution in [0.1, 0.15) is 18.1 Å². The first-order valence-corrected chi connectivity index (χ1v) is 11.0. The number of rotatable bonds is 8. The van der Waals surface area contributed by atoms with E-state index in [4.69, 9.17) is 9.47 Å². The maximum Gasteiger partial charge on any atom is 0.191 e. The van der Waals surface area contributed by atoms with Crippen LogP contribution in [0, 0.1) is 5.82 Å². The highest BCUT2D eigenvalue weighted by Gasteiger charge is 2.18. The van der Waals surface area contributed by atoms with Crippen molar-refractivity contribution >= 4 is 35.6 Å². The summed E-state index contributed by atoms with van der Waals surface area (Å²) in [4.78, 5) is 8.76. The maximum atomic E-state index is 14.8. The van der Waals surface area contributed by atoms with Gasteiger partial charge < -0.3 is 29.9 Å². The largest absolute Gasteiger partial charge is 0.493 e. The smallest absolute Gasteiger partial charge is 0.191 e. The van der Waals surface area contributed by atoms with Gasteiger partial charge in [0.25, 0.3) is 0 Å². The van der Waals surface area contributed by atoms with E-state index in [2.05, 4.69) is 32.3 Å². The van der Waals surface area contributed by atoms with Crippen LogP contribution in [0.25, 0.3) is 0 Å². The predicted molar refractivity (Wildman–Crippen MR) is 143 cm³/mol. The standard InChI is InChI=1S/C24H34FN5O2.HI/c1-5-29-10-12-30(13-11-29)21-8-6-18(14-20(21)25)16-27-24(26-2)28-17-19-7-9-22(31-3)23(15-19)32-4;/h6-9,14-15H,5,10-13,16-17H2,1-4H3,(H2,26,27,28);1H. The van der Waals surface area contributed by atoms with E-state index in [9.17, 15) is 4.39 Å². The molecule has 0 saturated carbocycles. The summed E-state index contributed by atoms with van der Waals surface area (Å²) in [6, 6.07) is 11.2. The summed E-state index contributed by atoms with van der Waals surface area (Å²) < 4.78 is 25.4. The average Bonchev–Trinajstić information content (AvgIpc) is 2.84. The minimum absolute atomic E-state index is 0. The number of nitrogens with zero attached hydrogens (tertiary/aromatic N) is 3. The molecule has 0 unspecified atom stereocenters. The van der Waals surface area contributed by atoms with Crippen LogP contribution >= 0.6 is 24.0 Å². The number of hydrogen-bond acceptors (Lipinski definition) is 5. The van der Waals surface area contributed by atoms with Crippen molar-refractivity contribution in [2.75, 3.05) is 58.9 Å². The Bertz CT molecular complexity index is 920. The minimum atomic E-state index is -0.178. The summed E-state index contributed by atoms with van der Waals surface area (Å²) in [6.07, 6.45) is 0. The number of likely N-dealkylation sites (N-methyl/N-ethyl adjacent to an activating group) is 1.